The normalized spacial score (nSPS) is 9.84. The van der Waals surface area contributed by atoms with Crippen molar-refractivity contribution in [2.75, 3.05) is 13.2 Å². The van der Waals surface area contributed by atoms with E-state index in [9.17, 15) is 0 Å². The van der Waals surface area contributed by atoms with Crippen LogP contribution in [0, 0.1) is 13.8 Å². The summed E-state index contributed by atoms with van der Waals surface area (Å²) in [4.78, 5) is 0. The third kappa shape index (κ3) is 3.98. The lowest BCUT2D eigenvalue weighted by Gasteiger charge is -2.10. The van der Waals surface area contributed by atoms with Gasteiger partial charge in [0.25, 0.3) is 0 Å². The van der Waals surface area contributed by atoms with Gasteiger partial charge in [0, 0.05) is 6.54 Å². The Bertz CT molecular complexity index is 540. The molecule has 0 unspecified atom stereocenters. The van der Waals surface area contributed by atoms with Crippen molar-refractivity contribution < 1.29 is 4.74 Å². The van der Waals surface area contributed by atoms with Crippen molar-refractivity contribution in [3.05, 3.63) is 53.6 Å². The van der Waals surface area contributed by atoms with Crippen LogP contribution in [0.25, 0.3) is 11.1 Å². The summed E-state index contributed by atoms with van der Waals surface area (Å²) < 4.78 is 5.53. The van der Waals surface area contributed by atoms with E-state index < -0.39 is 0 Å². The van der Waals surface area contributed by atoms with Gasteiger partial charge in [-0.15, -0.1) is 12.4 Å². The standard InChI is InChI=1S/C16H19NO.ClH/c1-12-4-3-5-14(10-12)16-7-6-15(11-13(16)2)18-9-8-17;/h3-7,10-11H,8-9,17H2,1-2H3;1H. The Morgan fingerprint density at radius 3 is 2.47 bits per heavy atom. The first-order valence-corrected chi connectivity index (χ1v) is 6.21. The molecule has 0 spiro atoms. The molecule has 0 amide bonds. The molecule has 0 bridgehead atoms. The number of ether oxygens (including phenoxy) is 1. The molecule has 0 aliphatic rings. The molecule has 0 fully saturated rings. The molecule has 102 valence electrons. The van der Waals surface area contributed by atoms with Gasteiger partial charge in [0.1, 0.15) is 12.4 Å². The van der Waals surface area contributed by atoms with E-state index in [1.807, 2.05) is 6.07 Å². The van der Waals surface area contributed by atoms with E-state index in [1.165, 1.54) is 22.3 Å². The van der Waals surface area contributed by atoms with Crippen molar-refractivity contribution in [3.63, 3.8) is 0 Å². The Morgan fingerprint density at radius 1 is 1.05 bits per heavy atom. The Kier molecular flexibility index (Phi) is 5.87. The third-order valence-corrected chi connectivity index (χ3v) is 2.91. The second-order valence-corrected chi connectivity index (χ2v) is 4.48. The Balaban J connectivity index is 0.00000180. The summed E-state index contributed by atoms with van der Waals surface area (Å²) in [5.74, 6) is 0.884. The van der Waals surface area contributed by atoms with E-state index in [1.54, 1.807) is 0 Å². The first-order valence-electron chi connectivity index (χ1n) is 6.21. The molecule has 0 atom stereocenters. The molecular formula is C16H20ClNO. The van der Waals surface area contributed by atoms with E-state index in [-0.39, 0.29) is 12.4 Å². The van der Waals surface area contributed by atoms with E-state index >= 15 is 0 Å². The summed E-state index contributed by atoms with van der Waals surface area (Å²) in [6.45, 7) is 5.31. The lowest BCUT2D eigenvalue weighted by Crippen LogP contribution is -2.10. The fourth-order valence-electron chi connectivity index (χ4n) is 2.04. The molecule has 0 aromatic heterocycles. The second-order valence-electron chi connectivity index (χ2n) is 4.48. The van der Waals surface area contributed by atoms with E-state index in [0.717, 1.165) is 5.75 Å². The minimum atomic E-state index is 0. The molecule has 0 heterocycles. The van der Waals surface area contributed by atoms with Crippen molar-refractivity contribution in [2.24, 2.45) is 5.73 Å². The van der Waals surface area contributed by atoms with Crippen molar-refractivity contribution in [1.82, 2.24) is 0 Å². The monoisotopic (exact) mass is 277 g/mol. The Morgan fingerprint density at radius 2 is 1.84 bits per heavy atom. The average Bonchev–Trinajstić information content (AvgIpc) is 2.36. The molecule has 2 aromatic carbocycles. The van der Waals surface area contributed by atoms with Gasteiger partial charge in [0.05, 0.1) is 0 Å². The predicted molar refractivity (Wildman–Crippen MR) is 83.1 cm³/mol. The average molecular weight is 278 g/mol. The van der Waals surface area contributed by atoms with Crippen LogP contribution in [0.3, 0.4) is 0 Å². The summed E-state index contributed by atoms with van der Waals surface area (Å²) in [5, 5.41) is 0. The summed E-state index contributed by atoms with van der Waals surface area (Å²) in [6.07, 6.45) is 0. The van der Waals surface area contributed by atoms with Gasteiger partial charge >= 0.3 is 0 Å². The summed E-state index contributed by atoms with van der Waals surface area (Å²) in [7, 11) is 0. The van der Waals surface area contributed by atoms with Crippen LogP contribution in [0.5, 0.6) is 5.75 Å². The fraction of sp³-hybridized carbons (Fsp3) is 0.250. The second kappa shape index (κ2) is 7.17. The predicted octanol–water partition coefficient (Wildman–Crippen LogP) is 3.73. The van der Waals surface area contributed by atoms with Gasteiger partial charge in [0.2, 0.25) is 0 Å². The topological polar surface area (TPSA) is 35.2 Å². The van der Waals surface area contributed by atoms with Crippen LogP contribution in [0.1, 0.15) is 11.1 Å². The van der Waals surface area contributed by atoms with Gasteiger partial charge in [-0.3, -0.25) is 0 Å². The number of nitrogens with two attached hydrogens (primary N) is 1. The fourth-order valence-corrected chi connectivity index (χ4v) is 2.04. The number of hydrogen-bond donors (Lipinski definition) is 1. The maximum Gasteiger partial charge on any atom is 0.119 e. The molecule has 19 heavy (non-hydrogen) atoms. The smallest absolute Gasteiger partial charge is 0.119 e. The number of benzene rings is 2. The van der Waals surface area contributed by atoms with Crippen LogP contribution < -0.4 is 10.5 Å². The van der Waals surface area contributed by atoms with Gasteiger partial charge in [0.15, 0.2) is 0 Å². The number of aryl methyl sites for hydroxylation is 2. The molecule has 0 aliphatic heterocycles. The molecule has 2 nitrogen and oxygen atoms in total. The Hall–Kier alpha value is -1.51. The van der Waals surface area contributed by atoms with E-state index in [2.05, 4.69) is 50.2 Å². The van der Waals surface area contributed by atoms with Gasteiger partial charge in [-0.2, -0.15) is 0 Å². The SMILES string of the molecule is Cc1cccc(-c2ccc(OCCN)cc2C)c1.Cl. The minimum Gasteiger partial charge on any atom is -0.492 e. The maximum absolute atomic E-state index is 5.53. The zero-order chi connectivity index (χ0) is 13.0. The van der Waals surface area contributed by atoms with Crippen molar-refractivity contribution >= 4 is 12.4 Å². The quantitative estimate of drug-likeness (QED) is 0.924. The van der Waals surface area contributed by atoms with Gasteiger partial charge in [-0.1, -0.05) is 35.9 Å². The molecular weight excluding hydrogens is 258 g/mol. The summed E-state index contributed by atoms with van der Waals surface area (Å²) >= 11 is 0. The molecule has 3 heteroatoms. The molecule has 0 aliphatic carbocycles. The maximum atomic E-state index is 5.53. The number of hydrogen-bond acceptors (Lipinski definition) is 2. The van der Waals surface area contributed by atoms with Crippen molar-refractivity contribution in [3.8, 4) is 16.9 Å². The number of rotatable bonds is 4. The van der Waals surface area contributed by atoms with Gasteiger partial charge in [-0.05, 0) is 42.7 Å². The molecule has 2 aromatic rings. The largest absolute Gasteiger partial charge is 0.492 e. The lowest BCUT2D eigenvalue weighted by molar-refractivity contribution is 0.328. The van der Waals surface area contributed by atoms with E-state index in [4.69, 9.17) is 10.5 Å². The highest BCUT2D eigenvalue weighted by Gasteiger charge is 2.03. The van der Waals surface area contributed by atoms with Crippen LogP contribution in [0.15, 0.2) is 42.5 Å². The summed E-state index contributed by atoms with van der Waals surface area (Å²) in [5.41, 5.74) is 10.4. The van der Waals surface area contributed by atoms with Crippen LogP contribution in [-0.4, -0.2) is 13.2 Å². The van der Waals surface area contributed by atoms with Crippen LogP contribution in [0.2, 0.25) is 0 Å². The highest BCUT2D eigenvalue weighted by molar-refractivity contribution is 5.85. The lowest BCUT2D eigenvalue weighted by atomic mass is 9.99. The molecule has 2 N–H and O–H groups in total. The van der Waals surface area contributed by atoms with E-state index in [0.29, 0.717) is 13.2 Å². The van der Waals surface area contributed by atoms with Crippen LogP contribution >= 0.6 is 12.4 Å². The molecule has 0 saturated carbocycles. The highest BCUT2D eigenvalue weighted by Crippen LogP contribution is 2.27. The first kappa shape index (κ1) is 15.5. The van der Waals surface area contributed by atoms with Crippen LogP contribution in [-0.2, 0) is 0 Å². The zero-order valence-corrected chi connectivity index (χ0v) is 12.2. The minimum absolute atomic E-state index is 0. The van der Waals surface area contributed by atoms with Crippen molar-refractivity contribution in [2.45, 2.75) is 13.8 Å². The highest BCUT2D eigenvalue weighted by atomic mass is 35.5. The number of halogens is 1. The first-order chi connectivity index (χ1) is 8.70. The molecule has 2 rings (SSSR count). The molecule has 0 radical (unpaired) electrons. The third-order valence-electron chi connectivity index (χ3n) is 2.91. The molecule has 0 saturated heterocycles. The summed E-state index contributed by atoms with van der Waals surface area (Å²) in [6, 6.07) is 14.7. The van der Waals surface area contributed by atoms with Crippen molar-refractivity contribution in [1.29, 1.82) is 0 Å². The zero-order valence-electron chi connectivity index (χ0n) is 11.3. The Labute approximate surface area is 121 Å². The van der Waals surface area contributed by atoms with Gasteiger partial charge < -0.3 is 10.5 Å². The van der Waals surface area contributed by atoms with Gasteiger partial charge in [-0.25, -0.2) is 0 Å². The van der Waals surface area contributed by atoms with Crippen LogP contribution in [0.4, 0.5) is 0 Å².